The third-order valence-corrected chi connectivity index (χ3v) is 5.25. The van der Waals surface area contributed by atoms with Crippen molar-refractivity contribution in [1.29, 1.82) is 0 Å². The summed E-state index contributed by atoms with van der Waals surface area (Å²) in [6.07, 6.45) is -0.522. The average Bonchev–Trinajstić information content (AvgIpc) is 3.49. The number of para-hydroxylation sites is 1. The lowest BCUT2D eigenvalue weighted by Crippen LogP contribution is -2.18. The van der Waals surface area contributed by atoms with Gasteiger partial charge in [0.15, 0.2) is 17.2 Å². The minimum atomic E-state index is -4.75. The van der Waals surface area contributed by atoms with Gasteiger partial charge in [0.05, 0.1) is 23.6 Å². The van der Waals surface area contributed by atoms with Crippen molar-refractivity contribution in [2.75, 3.05) is 0 Å². The van der Waals surface area contributed by atoms with E-state index in [0.29, 0.717) is 17.1 Å². The van der Waals surface area contributed by atoms with Crippen molar-refractivity contribution in [3.8, 4) is 17.2 Å². The smallest absolute Gasteiger partial charge is 0.434 e. The number of hydrogen-bond donors (Lipinski definition) is 0. The quantitative estimate of drug-likeness (QED) is 0.301. The number of benzene rings is 2. The molecule has 0 fully saturated rings. The Morgan fingerprint density at radius 1 is 0.912 bits per heavy atom. The molecule has 5 aromatic rings. The molecule has 0 saturated carbocycles. The molecule has 0 radical (unpaired) electrons. The van der Waals surface area contributed by atoms with Gasteiger partial charge < -0.3 is 4.74 Å². The number of fused-ring (bicyclic) bond motifs is 1. The maximum Gasteiger partial charge on any atom is 0.434 e. The number of hydrogen-bond acceptors (Lipinski definition) is 4. The zero-order valence-electron chi connectivity index (χ0n) is 17.6. The molecule has 6 nitrogen and oxygen atoms in total. The lowest BCUT2D eigenvalue weighted by atomic mass is 10.0. The molecule has 5 rings (SSSR count). The predicted octanol–water partition coefficient (Wildman–Crippen LogP) is 5.76. The molecule has 0 spiro atoms. The van der Waals surface area contributed by atoms with Crippen LogP contribution in [0.5, 0.6) is 11.5 Å². The second-order valence-corrected chi connectivity index (χ2v) is 7.53. The molecule has 170 valence electrons. The van der Waals surface area contributed by atoms with Gasteiger partial charge in [-0.2, -0.15) is 23.4 Å². The highest BCUT2D eigenvalue weighted by Gasteiger charge is 2.40. The predicted molar refractivity (Wildman–Crippen MR) is 118 cm³/mol. The minimum Gasteiger partial charge on any atom is -0.455 e. The van der Waals surface area contributed by atoms with Gasteiger partial charge in [-0.1, -0.05) is 30.3 Å². The molecular weight excluding hydrogens is 445 g/mol. The second kappa shape index (κ2) is 8.51. The molecule has 0 N–H and O–H groups in total. The Morgan fingerprint density at radius 2 is 1.68 bits per heavy atom. The van der Waals surface area contributed by atoms with E-state index in [1.54, 1.807) is 71.5 Å². The van der Waals surface area contributed by atoms with E-state index in [-0.39, 0.29) is 12.1 Å². The van der Waals surface area contributed by atoms with E-state index in [0.717, 1.165) is 16.4 Å². The van der Waals surface area contributed by atoms with Crippen molar-refractivity contribution in [3.05, 3.63) is 108 Å². The molecule has 0 atom stereocenters. The number of rotatable bonds is 6. The monoisotopic (exact) mass is 462 g/mol. The summed E-state index contributed by atoms with van der Waals surface area (Å²) in [7, 11) is 0. The van der Waals surface area contributed by atoms with Crippen molar-refractivity contribution in [2.45, 2.75) is 12.6 Å². The van der Waals surface area contributed by atoms with Crippen LogP contribution in [0.4, 0.5) is 13.2 Å². The number of ether oxygens (including phenoxy) is 1. The number of carbonyl (C=O) groups is 1. The first kappa shape index (κ1) is 21.4. The molecule has 3 heterocycles. The van der Waals surface area contributed by atoms with Crippen LogP contribution in [0.15, 0.2) is 91.4 Å². The van der Waals surface area contributed by atoms with Crippen LogP contribution < -0.4 is 4.74 Å². The lowest BCUT2D eigenvalue weighted by Gasteiger charge is -2.12. The highest BCUT2D eigenvalue weighted by molar-refractivity contribution is 5.98. The normalized spacial score (nSPS) is 11.6. The van der Waals surface area contributed by atoms with Crippen molar-refractivity contribution < 1.29 is 22.7 Å². The van der Waals surface area contributed by atoms with Crippen LogP contribution in [0.25, 0.3) is 11.2 Å². The third kappa shape index (κ3) is 4.15. The summed E-state index contributed by atoms with van der Waals surface area (Å²) in [6, 6.07) is 20.0. The number of pyridine rings is 1. The zero-order chi connectivity index (χ0) is 23.7. The van der Waals surface area contributed by atoms with Gasteiger partial charge in [-0.25, -0.2) is 9.20 Å². The highest BCUT2D eigenvalue weighted by Crippen LogP contribution is 2.34. The summed E-state index contributed by atoms with van der Waals surface area (Å²) in [5.41, 5.74) is 0.0163. The van der Waals surface area contributed by atoms with Crippen molar-refractivity contribution in [3.63, 3.8) is 0 Å². The minimum absolute atomic E-state index is 0.206. The standard InChI is InChI=1S/C25H17F3N4O2/c26-25(27,28)24-20(16-30-32(24)18-5-2-1-3-6-18)22(33)15-17-8-10-19(11-9-17)34-23-7-4-14-31-21(23)12-13-29-31/h1-14,16H,15H2. The fourth-order valence-corrected chi connectivity index (χ4v) is 3.68. The Kier molecular flexibility index (Phi) is 5.37. The van der Waals surface area contributed by atoms with Gasteiger partial charge >= 0.3 is 6.18 Å². The average molecular weight is 462 g/mol. The number of nitrogens with zero attached hydrogens (tertiary/aromatic N) is 4. The highest BCUT2D eigenvalue weighted by atomic mass is 19.4. The number of aromatic nitrogens is 4. The molecule has 0 saturated heterocycles. The molecule has 2 aromatic carbocycles. The van der Waals surface area contributed by atoms with Gasteiger partial charge in [-0.3, -0.25) is 4.79 Å². The van der Waals surface area contributed by atoms with Crippen molar-refractivity contribution >= 4 is 11.3 Å². The zero-order valence-corrected chi connectivity index (χ0v) is 17.6. The van der Waals surface area contributed by atoms with E-state index in [1.165, 1.54) is 12.1 Å². The van der Waals surface area contributed by atoms with E-state index in [1.807, 2.05) is 6.07 Å². The number of Topliss-reactive ketones (excluding diaryl/α,β-unsaturated/α-hetero) is 1. The molecule has 34 heavy (non-hydrogen) atoms. The van der Waals surface area contributed by atoms with Crippen LogP contribution in [-0.2, 0) is 12.6 Å². The topological polar surface area (TPSA) is 61.4 Å². The van der Waals surface area contributed by atoms with Crippen LogP contribution in [0.3, 0.4) is 0 Å². The summed E-state index contributed by atoms with van der Waals surface area (Å²) >= 11 is 0. The van der Waals surface area contributed by atoms with E-state index < -0.39 is 23.2 Å². The van der Waals surface area contributed by atoms with Gasteiger partial charge in [0.25, 0.3) is 0 Å². The molecule has 0 unspecified atom stereocenters. The van der Waals surface area contributed by atoms with Crippen LogP contribution in [0, 0.1) is 0 Å². The Bertz CT molecular complexity index is 1460. The van der Waals surface area contributed by atoms with Crippen LogP contribution in [0.1, 0.15) is 21.6 Å². The van der Waals surface area contributed by atoms with Crippen molar-refractivity contribution in [2.24, 2.45) is 0 Å². The molecule has 0 amide bonds. The Labute approximate surface area is 191 Å². The number of alkyl halides is 3. The van der Waals surface area contributed by atoms with E-state index in [2.05, 4.69) is 10.2 Å². The molecular formula is C25H17F3N4O2. The Balaban J connectivity index is 1.37. The maximum absolute atomic E-state index is 13.8. The van der Waals surface area contributed by atoms with Crippen LogP contribution >= 0.6 is 0 Å². The Morgan fingerprint density at radius 3 is 2.41 bits per heavy atom. The van der Waals surface area contributed by atoms with Crippen molar-refractivity contribution in [1.82, 2.24) is 19.4 Å². The number of carbonyl (C=O) groups excluding carboxylic acids is 1. The van der Waals surface area contributed by atoms with Crippen LogP contribution in [0.2, 0.25) is 0 Å². The van der Waals surface area contributed by atoms with E-state index >= 15 is 0 Å². The summed E-state index contributed by atoms with van der Waals surface area (Å²) in [4.78, 5) is 12.8. The van der Waals surface area contributed by atoms with E-state index in [9.17, 15) is 18.0 Å². The van der Waals surface area contributed by atoms with Crippen LogP contribution in [-0.4, -0.2) is 25.2 Å². The summed E-state index contributed by atoms with van der Waals surface area (Å²) in [6.45, 7) is 0. The SMILES string of the molecule is O=C(Cc1ccc(Oc2cccn3nccc23)cc1)c1cnn(-c2ccccc2)c1C(F)(F)F. The molecule has 0 aliphatic heterocycles. The molecule has 0 aliphatic carbocycles. The fraction of sp³-hybridized carbons (Fsp3) is 0.0800. The first-order valence-corrected chi connectivity index (χ1v) is 10.3. The first-order chi connectivity index (χ1) is 16.4. The Hall–Kier alpha value is -4.40. The largest absolute Gasteiger partial charge is 0.455 e. The number of ketones is 1. The second-order valence-electron chi connectivity index (χ2n) is 7.53. The van der Waals surface area contributed by atoms with Gasteiger partial charge in [0.1, 0.15) is 11.3 Å². The summed E-state index contributed by atoms with van der Waals surface area (Å²) in [5.74, 6) is 0.456. The summed E-state index contributed by atoms with van der Waals surface area (Å²) in [5, 5.41) is 8.00. The van der Waals surface area contributed by atoms with E-state index in [4.69, 9.17) is 4.74 Å². The lowest BCUT2D eigenvalue weighted by molar-refractivity contribution is -0.143. The third-order valence-electron chi connectivity index (χ3n) is 5.25. The fourth-order valence-electron chi connectivity index (χ4n) is 3.68. The van der Waals surface area contributed by atoms with Gasteiger partial charge in [-0.15, -0.1) is 0 Å². The molecule has 9 heteroatoms. The number of halogens is 3. The maximum atomic E-state index is 13.8. The summed E-state index contributed by atoms with van der Waals surface area (Å²) < 4.78 is 49.8. The molecule has 0 bridgehead atoms. The molecule has 0 aliphatic rings. The molecule has 3 aromatic heterocycles. The van der Waals surface area contributed by atoms with Gasteiger partial charge in [0.2, 0.25) is 0 Å². The van der Waals surface area contributed by atoms with Gasteiger partial charge in [-0.05, 0) is 48.0 Å². The van der Waals surface area contributed by atoms with Gasteiger partial charge in [0, 0.05) is 12.6 Å². The first-order valence-electron chi connectivity index (χ1n) is 10.3.